The lowest BCUT2D eigenvalue weighted by Gasteiger charge is -2.28. The normalized spacial score (nSPS) is 16.7. The molecule has 0 spiro atoms. The average molecular weight is 291 g/mol. The maximum absolute atomic E-state index is 11.8. The quantitative estimate of drug-likeness (QED) is 0.787. The average Bonchev–Trinajstić information content (AvgIpc) is 2.96. The van der Waals surface area contributed by atoms with Gasteiger partial charge >= 0.3 is 5.97 Å². The van der Waals surface area contributed by atoms with Gasteiger partial charge in [-0.15, -0.1) is 0 Å². The van der Waals surface area contributed by atoms with Crippen LogP contribution in [0.25, 0.3) is 0 Å². The predicted octanol–water partition coefficient (Wildman–Crippen LogP) is 3.22. The van der Waals surface area contributed by atoms with E-state index in [0.29, 0.717) is 29.1 Å². The van der Waals surface area contributed by atoms with Gasteiger partial charge in [-0.25, -0.2) is 9.78 Å². The molecule has 0 aromatic carbocycles. The predicted molar refractivity (Wildman–Crippen MR) is 84.3 cm³/mol. The number of hydrogen-bond acceptors (Lipinski definition) is 5. The summed E-state index contributed by atoms with van der Waals surface area (Å²) in [5.74, 6) is 0.187. The zero-order valence-electron chi connectivity index (χ0n) is 12.9. The van der Waals surface area contributed by atoms with Gasteiger partial charge in [-0.3, -0.25) is 0 Å². The highest BCUT2D eigenvalue weighted by Gasteiger charge is 2.32. The fourth-order valence-corrected chi connectivity index (χ4v) is 3.05. The Morgan fingerprint density at radius 1 is 1.43 bits per heavy atom. The Morgan fingerprint density at radius 2 is 2.14 bits per heavy atom. The van der Waals surface area contributed by atoms with Crippen LogP contribution in [0.4, 0.5) is 11.5 Å². The van der Waals surface area contributed by atoms with E-state index in [1.54, 1.807) is 19.2 Å². The zero-order valence-corrected chi connectivity index (χ0v) is 12.9. The minimum atomic E-state index is -0.397. The number of esters is 1. The van der Waals surface area contributed by atoms with E-state index in [1.165, 1.54) is 25.7 Å². The van der Waals surface area contributed by atoms with Crippen molar-refractivity contribution < 1.29 is 9.53 Å². The molecular formula is C16H25N3O2. The zero-order chi connectivity index (χ0) is 15.3. The Hall–Kier alpha value is -1.78. The number of nitrogens with zero attached hydrogens (tertiary/aromatic N) is 1. The molecular weight excluding hydrogens is 266 g/mol. The van der Waals surface area contributed by atoms with Crippen LogP contribution in [0.5, 0.6) is 0 Å². The van der Waals surface area contributed by atoms with Crippen molar-refractivity contribution in [3.8, 4) is 0 Å². The maximum Gasteiger partial charge on any atom is 0.340 e. The van der Waals surface area contributed by atoms with Gasteiger partial charge in [0.2, 0.25) is 0 Å². The molecule has 2 rings (SSSR count). The van der Waals surface area contributed by atoms with Gasteiger partial charge in [0.05, 0.1) is 17.9 Å². The highest BCUT2D eigenvalue weighted by Crippen LogP contribution is 2.41. The molecule has 0 bridgehead atoms. The first kappa shape index (κ1) is 15.6. The van der Waals surface area contributed by atoms with E-state index in [4.69, 9.17) is 10.5 Å². The lowest BCUT2D eigenvalue weighted by molar-refractivity contribution is 0.0527. The number of nitrogen functional groups attached to an aromatic ring is 1. The Labute approximate surface area is 126 Å². The molecule has 0 aliphatic heterocycles. The second kappa shape index (κ2) is 6.78. The third-order valence-electron chi connectivity index (χ3n) is 4.53. The number of ether oxygens (including phenoxy) is 1. The van der Waals surface area contributed by atoms with Crippen LogP contribution in [-0.4, -0.2) is 24.1 Å². The summed E-state index contributed by atoms with van der Waals surface area (Å²) in [6, 6.07) is 1.60. The molecule has 0 atom stereocenters. The second-order valence-electron chi connectivity index (χ2n) is 5.76. The van der Waals surface area contributed by atoms with Crippen molar-refractivity contribution in [3.05, 3.63) is 17.8 Å². The van der Waals surface area contributed by atoms with Gasteiger partial charge in [-0.2, -0.15) is 0 Å². The summed E-state index contributed by atoms with van der Waals surface area (Å²) >= 11 is 0. The summed E-state index contributed by atoms with van der Waals surface area (Å²) in [5, 5.41) is 3.34. The van der Waals surface area contributed by atoms with E-state index in [0.717, 1.165) is 13.0 Å². The molecule has 1 aromatic rings. The molecule has 0 amide bonds. The van der Waals surface area contributed by atoms with E-state index in [-0.39, 0.29) is 0 Å². The first-order valence-corrected chi connectivity index (χ1v) is 7.77. The van der Waals surface area contributed by atoms with Gasteiger partial charge in [0, 0.05) is 12.7 Å². The van der Waals surface area contributed by atoms with E-state index >= 15 is 0 Å². The molecule has 1 fully saturated rings. The van der Waals surface area contributed by atoms with Crippen LogP contribution in [0.15, 0.2) is 12.3 Å². The third-order valence-corrected chi connectivity index (χ3v) is 4.53. The first-order chi connectivity index (χ1) is 10.1. The van der Waals surface area contributed by atoms with Crippen LogP contribution in [0.3, 0.4) is 0 Å². The number of aromatic nitrogens is 1. The Morgan fingerprint density at radius 3 is 2.76 bits per heavy atom. The summed E-state index contributed by atoms with van der Waals surface area (Å²) in [6.45, 7) is 5.20. The van der Waals surface area contributed by atoms with E-state index in [9.17, 15) is 4.79 Å². The van der Waals surface area contributed by atoms with E-state index in [1.807, 2.05) is 0 Å². The minimum Gasteiger partial charge on any atom is -0.462 e. The number of anilines is 2. The molecule has 21 heavy (non-hydrogen) atoms. The molecule has 5 nitrogen and oxygen atoms in total. The van der Waals surface area contributed by atoms with Crippen molar-refractivity contribution >= 4 is 17.5 Å². The maximum atomic E-state index is 11.8. The van der Waals surface area contributed by atoms with Crippen LogP contribution in [0.2, 0.25) is 0 Å². The molecule has 0 radical (unpaired) electrons. The molecule has 5 heteroatoms. The van der Waals surface area contributed by atoms with Gasteiger partial charge in [-0.1, -0.05) is 19.8 Å². The monoisotopic (exact) mass is 291 g/mol. The third kappa shape index (κ3) is 3.46. The molecule has 116 valence electrons. The van der Waals surface area contributed by atoms with Gasteiger partial charge in [-0.05, 0) is 37.7 Å². The lowest BCUT2D eigenvalue weighted by Crippen LogP contribution is -2.26. The fourth-order valence-electron chi connectivity index (χ4n) is 3.05. The molecule has 1 aliphatic carbocycles. The number of nitrogens with one attached hydrogen (secondary N) is 1. The highest BCUT2D eigenvalue weighted by molar-refractivity contribution is 5.97. The van der Waals surface area contributed by atoms with Crippen LogP contribution in [-0.2, 0) is 4.74 Å². The Kier molecular flexibility index (Phi) is 5.04. The summed E-state index contributed by atoms with van der Waals surface area (Å²) in [7, 11) is 0. The molecule has 1 saturated carbocycles. The Balaban J connectivity index is 2.10. The van der Waals surface area contributed by atoms with Crippen molar-refractivity contribution in [3.63, 3.8) is 0 Å². The van der Waals surface area contributed by atoms with Gasteiger partial charge in [0.25, 0.3) is 0 Å². The van der Waals surface area contributed by atoms with Crippen LogP contribution < -0.4 is 11.1 Å². The number of nitrogens with two attached hydrogens (primary N) is 1. The smallest absolute Gasteiger partial charge is 0.340 e. The summed E-state index contributed by atoms with van der Waals surface area (Å²) in [4.78, 5) is 16.1. The number of pyridine rings is 1. The minimum absolute atomic E-state index is 0.336. The number of carbonyl (C=O) groups is 1. The van der Waals surface area contributed by atoms with E-state index < -0.39 is 5.97 Å². The van der Waals surface area contributed by atoms with Crippen molar-refractivity contribution in [2.75, 3.05) is 24.2 Å². The van der Waals surface area contributed by atoms with Crippen molar-refractivity contribution in [1.29, 1.82) is 0 Å². The van der Waals surface area contributed by atoms with Crippen molar-refractivity contribution in [1.82, 2.24) is 4.98 Å². The second-order valence-corrected chi connectivity index (χ2v) is 5.76. The number of rotatable bonds is 6. The molecule has 1 aliphatic rings. The van der Waals surface area contributed by atoms with Crippen LogP contribution in [0.1, 0.15) is 56.3 Å². The Bertz CT molecular complexity index is 496. The summed E-state index contributed by atoms with van der Waals surface area (Å²) in [5.41, 5.74) is 7.16. The molecule has 3 N–H and O–H groups in total. The van der Waals surface area contributed by atoms with Gasteiger partial charge in [0.1, 0.15) is 5.82 Å². The molecule has 0 unspecified atom stereocenters. The van der Waals surface area contributed by atoms with Gasteiger partial charge < -0.3 is 15.8 Å². The topological polar surface area (TPSA) is 77.2 Å². The van der Waals surface area contributed by atoms with Crippen LogP contribution >= 0.6 is 0 Å². The van der Waals surface area contributed by atoms with Crippen LogP contribution in [0, 0.1) is 5.41 Å². The summed E-state index contributed by atoms with van der Waals surface area (Å²) < 4.78 is 5.01. The fraction of sp³-hybridized carbons (Fsp3) is 0.625. The van der Waals surface area contributed by atoms with Gasteiger partial charge in [0.15, 0.2) is 0 Å². The summed E-state index contributed by atoms with van der Waals surface area (Å²) in [6.07, 6.45) is 7.82. The standard InChI is InChI=1S/C16H25N3O2/c1-3-16(8-5-6-9-16)11-19-14-13(17)12(7-10-18-14)15(20)21-4-2/h7,10H,3-6,8-9,11,17H2,1-2H3,(H,18,19). The lowest BCUT2D eigenvalue weighted by atomic mass is 9.83. The molecule has 1 heterocycles. The highest BCUT2D eigenvalue weighted by atomic mass is 16.5. The molecule has 0 saturated heterocycles. The SMILES string of the molecule is CCOC(=O)c1ccnc(NCC2(CC)CCCC2)c1N. The van der Waals surface area contributed by atoms with E-state index in [2.05, 4.69) is 17.2 Å². The van der Waals surface area contributed by atoms with Crippen molar-refractivity contribution in [2.45, 2.75) is 46.0 Å². The van der Waals surface area contributed by atoms with Crippen molar-refractivity contribution in [2.24, 2.45) is 5.41 Å². The number of carbonyl (C=O) groups excluding carboxylic acids is 1. The molecule has 1 aromatic heterocycles. The number of hydrogen-bond donors (Lipinski definition) is 2. The first-order valence-electron chi connectivity index (χ1n) is 7.77. The largest absolute Gasteiger partial charge is 0.462 e.